The van der Waals surface area contributed by atoms with Crippen LogP contribution < -0.4 is 10.7 Å². The topological polar surface area (TPSA) is 102 Å². The molecule has 0 fully saturated rings. The van der Waals surface area contributed by atoms with Gasteiger partial charge in [0.2, 0.25) is 5.13 Å². The number of amides is 1. The van der Waals surface area contributed by atoms with E-state index in [0.717, 1.165) is 11.5 Å². The van der Waals surface area contributed by atoms with Crippen LogP contribution in [0, 0.1) is 13.8 Å². The standard InChI is InChI=1S/C22H21N5O3S2/c1-14-11-18(15(2)27(14)26-20(29)16-7-4-3-5-8-16)19(28)13-31-22-25-24-21(32-22)23-12-17-9-6-10-30-17/h3-11H,12-13H2,1-2H3,(H,23,24)(H,26,29). The van der Waals surface area contributed by atoms with Crippen LogP contribution in [-0.4, -0.2) is 32.3 Å². The Labute approximate surface area is 193 Å². The summed E-state index contributed by atoms with van der Waals surface area (Å²) < 4.78 is 7.63. The number of ketones is 1. The molecule has 1 amide bonds. The highest BCUT2D eigenvalue weighted by atomic mass is 32.2. The summed E-state index contributed by atoms with van der Waals surface area (Å²) in [6.45, 7) is 4.19. The lowest BCUT2D eigenvalue weighted by Gasteiger charge is -2.11. The molecular formula is C22H21N5O3S2. The fourth-order valence-electron chi connectivity index (χ4n) is 3.09. The predicted molar refractivity (Wildman–Crippen MR) is 125 cm³/mol. The van der Waals surface area contributed by atoms with Crippen molar-refractivity contribution in [3.8, 4) is 0 Å². The molecule has 0 saturated carbocycles. The van der Waals surface area contributed by atoms with Crippen LogP contribution in [0.2, 0.25) is 0 Å². The summed E-state index contributed by atoms with van der Waals surface area (Å²) >= 11 is 2.72. The Morgan fingerprint density at radius 3 is 2.69 bits per heavy atom. The van der Waals surface area contributed by atoms with Gasteiger partial charge in [0.05, 0.1) is 18.6 Å². The zero-order valence-corrected chi connectivity index (χ0v) is 19.1. The molecule has 4 aromatic rings. The fraction of sp³-hybridized carbons (Fsp3) is 0.182. The Kier molecular flexibility index (Phi) is 6.72. The minimum absolute atomic E-state index is 0.0383. The zero-order chi connectivity index (χ0) is 22.5. The van der Waals surface area contributed by atoms with Crippen molar-refractivity contribution in [1.82, 2.24) is 14.9 Å². The summed E-state index contributed by atoms with van der Waals surface area (Å²) in [5.74, 6) is 0.760. The van der Waals surface area contributed by atoms with E-state index in [0.29, 0.717) is 32.8 Å². The van der Waals surface area contributed by atoms with Gasteiger partial charge in [-0.3, -0.25) is 19.7 Å². The molecule has 0 unspecified atom stereocenters. The minimum atomic E-state index is -0.232. The Morgan fingerprint density at radius 1 is 1.12 bits per heavy atom. The van der Waals surface area contributed by atoms with Gasteiger partial charge in [0, 0.05) is 22.5 Å². The Bertz CT molecular complexity index is 1220. The molecule has 0 saturated heterocycles. The van der Waals surface area contributed by atoms with Crippen LogP contribution in [0.3, 0.4) is 0 Å². The van der Waals surface area contributed by atoms with E-state index in [1.807, 2.05) is 44.2 Å². The lowest BCUT2D eigenvalue weighted by Crippen LogP contribution is -2.25. The van der Waals surface area contributed by atoms with Crippen LogP contribution in [-0.2, 0) is 6.54 Å². The van der Waals surface area contributed by atoms with Crippen LogP contribution >= 0.6 is 23.1 Å². The number of aromatic nitrogens is 3. The van der Waals surface area contributed by atoms with Gasteiger partial charge in [0.15, 0.2) is 10.1 Å². The molecule has 0 spiro atoms. The number of benzene rings is 1. The molecule has 0 aliphatic heterocycles. The van der Waals surface area contributed by atoms with Gasteiger partial charge in [-0.15, -0.1) is 10.2 Å². The van der Waals surface area contributed by atoms with Crippen molar-refractivity contribution < 1.29 is 14.0 Å². The third-order valence-corrected chi connectivity index (χ3v) is 6.72. The van der Waals surface area contributed by atoms with Crippen molar-refractivity contribution in [2.24, 2.45) is 0 Å². The van der Waals surface area contributed by atoms with E-state index in [9.17, 15) is 9.59 Å². The molecule has 10 heteroatoms. The number of aryl methyl sites for hydroxylation is 1. The molecule has 32 heavy (non-hydrogen) atoms. The smallest absolute Gasteiger partial charge is 0.270 e. The van der Waals surface area contributed by atoms with Gasteiger partial charge in [-0.25, -0.2) is 0 Å². The number of thioether (sulfide) groups is 1. The average Bonchev–Trinajstić information content (AvgIpc) is 3.54. The number of nitrogens with zero attached hydrogens (tertiary/aromatic N) is 3. The molecule has 3 heterocycles. The lowest BCUT2D eigenvalue weighted by atomic mass is 10.2. The number of hydrogen-bond acceptors (Lipinski definition) is 8. The minimum Gasteiger partial charge on any atom is -0.467 e. The molecule has 2 N–H and O–H groups in total. The van der Waals surface area contributed by atoms with Gasteiger partial charge in [-0.2, -0.15) is 0 Å². The van der Waals surface area contributed by atoms with Crippen LogP contribution in [0.4, 0.5) is 5.13 Å². The van der Waals surface area contributed by atoms with Gasteiger partial charge in [-0.05, 0) is 44.2 Å². The van der Waals surface area contributed by atoms with Crippen molar-refractivity contribution in [3.05, 3.63) is 83.1 Å². The van der Waals surface area contributed by atoms with Crippen molar-refractivity contribution in [2.75, 3.05) is 16.5 Å². The van der Waals surface area contributed by atoms with Gasteiger partial charge >= 0.3 is 0 Å². The van der Waals surface area contributed by atoms with E-state index in [2.05, 4.69) is 20.9 Å². The number of furan rings is 1. The molecule has 8 nitrogen and oxygen atoms in total. The third kappa shape index (κ3) is 5.09. The summed E-state index contributed by atoms with van der Waals surface area (Å²) in [4.78, 5) is 25.3. The number of hydrogen-bond donors (Lipinski definition) is 2. The van der Waals surface area contributed by atoms with Crippen LogP contribution in [0.15, 0.2) is 63.6 Å². The summed E-state index contributed by atoms with van der Waals surface area (Å²) in [7, 11) is 0. The van der Waals surface area contributed by atoms with Crippen molar-refractivity contribution in [3.63, 3.8) is 0 Å². The second-order valence-corrected chi connectivity index (χ2v) is 9.15. The molecule has 164 valence electrons. The monoisotopic (exact) mass is 467 g/mol. The fourth-order valence-corrected chi connectivity index (χ4v) is 4.72. The second kappa shape index (κ2) is 9.84. The van der Waals surface area contributed by atoms with Gasteiger partial charge in [0.25, 0.3) is 5.91 Å². The van der Waals surface area contributed by atoms with Crippen LogP contribution in [0.1, 0.15) is 37.9 Å². The summed E-state index contributed by atoms with van der Waals surface area (Å²) in [6.07, 6.45) is 1.62. The number of Topliss-reactive ketones (excluding diaryl/α,β-unsaturated/α-hetero) is 1. The van der Waals surface area contributed by atoms with Gasteiger partial charge in [0.1, 0.15) is 5.76 Å². The maximum Gasteiger partial charge on any atom is 0.270 e. The van der Waals surface area contributed by atoms with E-state index in [4.69, 9.17) is 4.42 Å². The molecular weight excluding hydrogens is 446 g/mol. The Balaban J connectivity index is 1.36. The van der Waals surface area contributed by atoms with Crippen LogP contribution in [0.5, 0.6) is 0 Å². The first-order chi connectivity index (χ1) is 15.5. The van der Waals surface area contributed by atoms with E-state index in [-0.39, 0.29) is 17.4 Å². The van der Waals surface area contributed by atoms with E-state index in [1.54, 1.807) is 29.1 Å². The van der Waals surface area contributed by atoms with Gasteiger partial charge < -0.3 is 9.73 Å². The van der Waals surface area contributed by atoms with E-state index in [1.165, 1.54) is 23.1 Å². The Hall–Kier alpha value is -3.37. The highest BCUT2D eigenvalue weighted by Crippen LogP contribution is 2.27. The van der Waals surface area contributed by atoms with Crippen molar-refractivity contribution >= 4 is 39.9 Å². The maximum atomic E-state index is 12.8. The summed E-state index contributed by atoms with van der Waals surface area (Å²) in [6, 6.07) is 14.4. The summed E-state index contributed by atoms with van der Waals surface area (Å²) in [5, 5.41) is 12.0. The van der Waals surface area contributed by atoms with Crippen LogP contribution in [0.25, 0.3) is 0 Å². The number of nitrogens with one attached hydrogen (secondary N) is 2. The molecule has 0 bridgehead atoms. The van der Waals surface area contributed by atoms with Crippen molar-refractivity contribution in [2.45, 2.75) is 24.7 Å². The largest absolute Gasteiger partial charge is 0.467 e. The quantitative estimate of drug-likeness (QED) is 0.276. The predicted octanol–water partition coefficient (Wildman–Crippen LogP) is 4.52. The number of carbonyl (C=O) groups is 2. The molecule has 0 atom stereocenters. The van der Waals surface area contributed by atoms with E-state index < -0.39 is 0 Å². The maximum absolute atomic E-state index is 12.8. The molecule has 3 aromatic heterocycles. The first-order valence-corrected chi connectivity index (χ1v) is 11.6. The molecule has 1 aromatic carbocycles. The highest BCUT2D eigenvalue weighted by molar-refractivity contribution is 8.01. The highest BCUT2D eigenvalue weighted by Gasteiger charge is 2.18. The number of anilines is 1. The molecule has 0 aliphatic carbocycles. The SMILES string of the molecule is Cc1cc(C(=O)CSc2nnc(NCc3ccco3)s2)c(C)n1NC(=O)c1ccccc1. The van der Waals surface area contributed by atoms with Gasteiger partial charge in [-0.1, -0.05) is 41.3 Å². The zero-order valence-electron chi connectivity index (χ0n) is 17.5. The normalized spacial score (nSPS) is 10.8. The molecule has 0 radical (unpaired) electrons. The second-order valence-electron chi connectivity index (χ2n) is 6.95. The lowest BCUT2D eigenvalue weighted by molar-refractivity contribution is 0.0999. The first kappa shape index (κ1) is 21.8. The number of rotatable bonds is 9. The molecule has 0 aliphatic rings. The Morgan fingerprint density at radius 2 is 1.94 bits per heavy atom. The van der Waals surface area contributed by atoms with E-state index >= 15 is 0 Å². The van der Waals surface area contributed by atoms with Crippen molar-refractivity contribution in [1.29, 1.82) is 0 Å². The average molecular weight is 468 g/mol. The molecule has 4 rings (SSSR count). The third-order valence-electron chi connectivity index (χ3n) is 4.71. The first-order valence-electron chi connectivity index (χ1n) is 9.82. The summed E-state index contributed by atoms with van der Waals surface area (Å²) in [5.41, 5.74) is 5.45. The number of carbonyl (C=O) groups excluding carboxylic acids is 2.